The van der Waals surface area contributed by atoms with E-state index in [1.54, 1.807) is 12.4 Å². The number of hydrogen-bond acceptors (Lipinski definition) is 4. The molecule has 0 unspecified atom stereocenters. The van der Waals surface area contributed by atoms with E-state index in [4.69, 9.17) is 0 Å². The number of rotatable bonds is 1. The second kappa shape index (κ2) is 3.90. The lowest BCUT2D eigenvalue weighted by molar-refractivity contribution is 0.138. The minimum absolute atomic E-state index is 0.0716. The molecule has 0 radical (unpaired) electrons. The Balaban J connectivity index is 2.25. The van der Waals surface area contributed by atoms with Gasteiger partial charge in [-0.25, -0.2) is 4.98 Å². The Bertz CT molecular complexity index is 426. The molecule has 0 atom stereocenters. The third kappa shape index (κ3) is 1.95. The molecule has 1 aromatic rings. The number of H-pyrrole nitrogens is 1. The Morgan fingerprint density at radius 2 is 2.19 bits per heavy atom. The monoisotopic (exact) mass is 222 g/mol. The van der Waals surface area contributed by atoms with Crippen LogP contribution in [0.1, 0.15) is 13.8 Å². The summed E-state index contributed by atoms with van der Waals surface area (Å²) in [6, 6.07) is 0. The van der Waals surface area contributed by atoms with Crippen LogP contribution >= 0.6 is 0 Å². The van der Waals surface area contributed by atoms with Gasteiger partial charge in [0.15, 0.2) is 5.82 Å². The van der Waals surface area contributed by atoms with E-state index >= 15 is 0 Å². The third-order valence-electron chi connectivity index (χ3n) is 3.30. The van der Waals surface area contributed by atoms with Gasteiger partial charge in [0.2, 0.25) is 0 Å². The summed E-state index contributed by atoms with van der Waals surface area (Å²) in [6.45, 7) is 6.97. The molecule has 0 amide bonds. The Labute approximate surface area is 95.1 Å². The highest BCUT2D eigenvalue weighted by Gasteiger charge is 2.32. The molecule has 2 rings (SSSR count). The quantitative estimate of drug-likeness (QED) is 0.742. The molecule has 5 heteroatoms. The van der Waals surface area contributed by atoms with Crippen LogP contribution in [-0.4, -0.2) is 47.1 Å². The van der Waals surface area contributed by atoms with Crippen LogP contribution in [0.2, 0.25) is 0 Å². The molecule has 1 N–H and O–H groups in total. The maximum absolute atomic E-state index is 11.6. The van der Waals surface area contributed by atoms with Gasteiger partial charge in [0.1, 0.15) is 0 Å². The van der Waals surface area contributed by atoms with Crippen LogP contribution in [0.15, 0.2) is 17.2 Å². The van der Waals surface area contributed by atoms with Crippen molar-refractivity contribution >= 4 is 5.82 Å². The highest BCUT2D eigenvalue weighted by atomic mass is 16.1. The minimum Gasteiger partial charge on any atom is -0.349 e. The smallest absolute Gasteiger partial charge is 0.290 e. The molecule has 0 saturated carbocycles. The minimum atomic E-state index is -0.108. The first kappa shape index (κ1) is 11.1. The van der Waals surface area contributed by atoms with Crippen LogP contribution in [0.5, 0.6) is 0 Å². The molecule has 0 spiro atoms. The molecule has 1 fully saturated rings. The van der Waals surface area contributed by atoms with Crippen molar-refractivity contribution in [3.63, 3.8) is 0 Å². The Morgan fingerprint density at radius 3 is 2.81 bits per heavy atom. The zero-order valence-corrected chi connectivity index (χ0v) is 10.0. The van der Waals surface area contributed by atoms with E-state index in [0.29, 0.717) is 5.82 Å². The number of piperazine rings is 1. The summed E-state index contributed by atoms with van der Waals surface area (Å²) in [5.74, 6) is 0.531. The lowest BCUT2D eigenvalue weighted by Crippen LogP contribution is -2.58. The summed E-state index contributed by atoms with van der Waals surface area (Å²) in [5, 5.41) is 0. The van der Waals surface area contributed by atoms with Crippen LogP contribution in [-0.2, 0) is 0 Å². The maximum atomic E-state index is 11.6. The second-order valence-electron chi connectivity index (χ2n) is 4.90. The standard InChI is InChI=1S/C11H18N4O/c1-11(2)8-15(7-6-14(11)3)9-10(16)13-5-4-12-9/h4-5H,6-8H2,1-3H3,(H,13,16). The number of hydrogen-bond donors (Lipinski definition) is 1. The predicted octanol–water partition coefficient (Wildman–Crippen LogP) is 0.300. The van der Waals surface area contributed by atoms with Crippen molar-refractivity contribution in [2.24, 2.45) is 0 Å². The first-order chi connectivity index (χ1) is 7.50. The average molecular weight is 222 g/mol. The highest BCUT2D eigenvalue weighted by Crippen LogP contribution is 2.20. The number of nitrogens with one attached hydrogen (secondary N) is 1. The van der Waals surface area contributed by atoms with Crippen molar-refractivity contribution in [3.05, 3.63) is 22.7 Å². The van der Waals surface area contributed by atoms with Gasteiger partial charge >= 0.3 is 0 Å². The van der Waals surface area contributed by atoms with Crippen molar-refractivity contribution in [2.75, 3.05) is 31.6 Å². The average Bonchev–Trinajstić information content (AvgIpc) is 2.23. The number of nitrogens with zero attached hydrogens (tertiary/aromatic N) is 3. The van der Waals surface area contributed by atoms with Crippen molar-refractivity contribution in [1.29, 1.82) is 0 Å². The van der Waals surface area contributed by atoms with Crippen LogP contribution in [0.4, 0.5) is 5.82 Å². The van der Waals surface area contributed by atoms with Gasteiger partial charge in [0.05, 0.1) is 0 Å². The summed E-state index contributed by atoms with van der Waals surface area (Å²) in [5.41, 5.74) is -0.0368. The van der Waals surface area contributed by atoms with Gasteiger partial charge in [0.25, 0.3) is 5.56 Å². The Kier molecular flexibility index (Phi) is 2.71. The molecule has 16 heavy (non-hydrogen) atoms. The fraction of sp³-hybridized carbons (Fsp3) is 0.636. The first-order valence-electron chi connectivity index (χ1n) is 5.50. The zero-order valence-electron chi connectivity index (χ0n) is 10.0. The lowest BCUT2D eigenvalue weighted by Gasteiger charge is -2.45. The lowest BCUT2D eigenvalue weighted by atomic mass is 10.00. The van der Waals surface area contributed by atoms with Crippen LogP contribution < -0.4 is 10.5 Å². The van der Waals surface area contributed by atoms with Gasteiger partial charge < -0.3 is 9.88 Å². The molecule has 0 aromatic carbocycles. The zero-order chi connectivity index (χ0) is 11.8. The summed E-state index contributed by atoms with van der Waals surface area (Å²) < 4.78 is 0. The molecule has 0 bridgehead atoms. The molecule has 2 heterocycles. The predicted molar refractivity (Wildman–Crippen MR) is 63.8 cm³/mol. The molecular formula is C11H18N4O. The molecule has 1 saturated heterocycles. The normalized spacial score (nSPS) is 21.1. The summed E-state index contributed by atoms with van der Waals surface area (Å²) in [4.78, 5) is 22.8. The van der Waals surface area contributed by atoms with Crippen LogP contribution in [0.3, 0.4) is 0 Å². The molecule has 1 aliphatic heterocycles. The molecular weight excluding hydrogens is 204 g/mol. The highest BCUT2D eigenvalue weighted by molar-refractivity contribution is 5.36. The number of anilines is 1. The van der Waals surface area contributed by atoms with E-state index in [0.717, 1.165) is 19.6 Å². The Hall–Kier alpha value is -1.36. The topological polar surface area (TPSA) is 52.2 Å². The SMILES string of the molecule is CN1CCN(c2ncc[nH]c2=O)CC1(C)C. The second-order valence-corrected chi connectivity index (χ2v) is 4.90. The van der Waals surface area contributed by atoms with Crippen molar-refractivity contribution < 1.29 is 0 Å². The van der Waals surface area contributed by atoms with E-state index in [1.165, 1.54) is 0 Å². The van der Waals surface area contributed by atoms with E-state index in [1.807, 2.05) is 0 Å². The van der Waals surface area contributed by atoms with Crippen molar-refractivity contribution in [3.8, 4) is 0 Å². The van der Waals surface area contributed by atoms with Crippen LogP contribution in [0, 0.1) is 0 Å². The van der Waals surface area contributed by atoms with Crippen LogP contribution in [0.25, 0.3) is 0 Å². The van der Waals surface area contributed by atoms with Gasteiger partial charge in [-0.05, 0) is 20.9 Å². The van der Waals surface area contributed by atoms with E-state index < -0.39 is 0 Å². The van der Waals surface area contributed by atoms with Crippen molar-refractivity contribution in [2.45, 2.75) is 19.4 Å². The fourth-order valence-corrected chi connectivity index (χ4v) is 1.99. The number of aromatic amines is 1. The van der Waals surface area contributed by atoms with E-state index in [9.17, 15) is 4.79 Å². The van der Waals surface area contributed by atoms with E-state index in [-0.39, 0.29) is 11.1 Å². The van der Waals surface area contributed by atoms with Gasteiger partial charge in [-0.2, -0.15) is 0 Å². The Morgan fingerprint density at radius 1 is 1.44 bits per heavy atom. The third-order valence-corrected chi connectivity index (χ3v) is 3.30. The van der Waals surface area contributed by atoms with Gasteiger partial charge in [-0.15, -0.1) is 0 Å². The molecule has 5 nitrogen and oxygen atoms in total. The summed E-state index contributed by atoms with van der Waals surface area (Å²) in [6.07, 6.45) is 3.19. The molecule has 1 aliphatic rings. The summed E-state index contributed by atoms with van der Waals surface area (Å²) in [7, 11) is 2.11. The molecule has 1 aromatic heterocycles. The van der Waals surface area contributed by atoms with Gasteiger partial charge in [0, 0.05) is 37.6 Å². The van der Waals surface area contributed by atoms with Crippen molar-refractivity contribution in [1.82, 2.24) is 14.9 Å². The fourth-order valence-electron chi connectivity index (χ4n) is 1.99. The molecule has 0 aliphatic carbocycles. The van der Waals surface area contributed by atoms with E-state index in [2.05, 4.69) is 40.7 Å². The maximum Gasteiger partial charge on any atom is 0.290 e. The molecule has 88 valence electrons. The largest absolute Gasteiger partial charge is 0.349 e. The number of aromatic nitrogens is 2. The summed E-state index contributed by atoms with van der Waals surface area (Å²) >= 11 is 0. The number of likely N-dealkylation sites (N-methyl/N-ethyl adjacent to an activating group) is 1. The van der Waals surface area contributed by atoms with Gasteiger partial charge in [-0.3, -0.25) is 9.69 Å². The van der Waals surface area contributed by atoms with Gasteiger partial charge in [-0.1, -0.05) is 0 Å². The first-order valence-corrected chi connectivity index (χ1v) is 5.50.